The molecule has 1 fully saturated rings. The van der Waals surface area contributed by atoms with Crippen LogP contribution in [-0.4, -0.2) is 22.8 Å². The normalized spacial score (nSPS) is 16.2. The summed E-state index contributed by atoms with van der Waals surface area (Å²) in [4.78, 5) is 39.4. The fourth-order valence-electron chi connectivity index (χ4n) is 4.38. The molecule has 0 saturated carbocycles. The van der Waals surface area contributed by atoms with Crippen LogP contribution in [-0.2, 0) is 19.2 Å². The van der Waals surface area contributed by atoms with Crippen molar-refractivity contribution < 1.29 is 19.2 Å². The zero-order valence-electron chi connectivity index (χ0n) is 25.0. The predicted octanol–water partition coefficient (Wildman–Crippen LogP) is 9.49. The third kappa shape index (κ3) is 18.6. The molecule has 0 aromatic heterocycles. The highest BCUT2D eigenvalue weighted by Crippen LogP contribution is 2.28. The van der Waals surface area contributed by atoms with Gasteiger partial charge >= 0.3 is 5.97 Å². The minimum atomic E-state index is -0.479. The molecule has 2 aliphatic rings. The van der Waals surface area contributed by atoms with Gasteiger partial charge in [0.15, 0.2) is 0 Å². The average Bonchev–Trinajstić information content (AvgIpc) is 3.47. The summed E-state index contributed by atoms with van der Waals surface area (Å²) in [5, 5.41) is 0.635. The molecule has 1 heterocycles. The quantitative estimate of drug-likeness (QED) is 0.118. The van der Waals surface area contributed by atoms with Crippen molar-refractivity contribution in [2.75, 3.05) is 0 Å². The van der Waals surface area contributed by atoms with E-state index in [1.54, 1.807) is 5.57 Å². The van der Waals surface area contributed by atoms with Crippen LogP contribution in [0.1, 0.15) is 164 Å². The Labute approximate surface area is 223 Å². The topological polar surface area (TPSA) is 63.7 Å². The fourth-order valence-corrected chi connectivity index (χ4v) is 4.38. The van der Waals surface area contributed by atoms with Gasteiger partial charge in [-0.05, 0) is 38.0 Å². The number of hydrogen-bond donors (Lipinski definition) is 0. The molecule has 0 aromatic rings. The van der Waals surface area contributed by atoms with Gasteiger partial charge in [-0.15, -0.1) is 5.06 Å². The number of nitrogens with zero attached hydrogens (tertiary/aromatic N) is 1. The maximum absolute atomic E-state index is 11.7. The molecule has 36 heavy (non-hydrogen) atoms. The van der Waals surface area contributed by atoms with Crippen molar-refractivity contribution in [1.29, 1.82) is 0 Å². The third-order valence-corrected chi connectivity index (χ3v) is 6.25. The van der Waals surface area contributed by atoms with Crippen molar-refractivity contribution in [1.82, 2.24) is 5.06 Å². The summed E-state index contributed by atoms with van der Waals surface area (Å²) in [6, 6.07) is 0. The van der Waals surface area contributed by atoms with Crippen molar-refractivity contribution in [2.45, 2.75) is 164 Å². The summed E-state index contributed by atoms with van der Waals surface area (Å²) in [5.74, 6) is -0.419. The van der Waals surface area contributed by atoms with Crippen LogP contribution in [0.15, 0.2) is 11.6 Å². The van der Waals surface area contributed by atoms with E-state index in [0.29, 0.717) is 5.06 Å². The van der Waals surface area contributed by atoms with Crippen molar-refractivity contribution in [3.63, 3.8) is 0 Å². The molecule has 0 aromatic carbocycles. The molecule has 1 atom stereocenters. The van der Waals surface area contributed by atoms with Crippen molar-refractivity contribution in [3.8, 4) is 0 Å². The Bertz CT molecular complexity index is 569. The van der Waals surface area contributed by atoms with Gasteiger partial charge < -0.3 is 4.84 Å². The predicted molar refractivity (Wildman–Crippen MR) is 152 cm³/mol. The minimum Gasteiger partial charge on any atom is -0.330 e. The maximum Gasteiger partial charge on any atom is 0.333 e. The van der Waals surface area contributed by atoms with Gasteiger partial charge in [-0.3, -0.25) is 9.59 Å². The van der Waals surface area contributed by atoms with E-state index in [2.05, 4.69) is 13.0 Å². The number of hydroxylamine groups is 2. The smallest absolute Gasteiger partial charge is 0.330 e. The van der Waals surface area contributed by atoms with Crippen molar-refractivity contribution >= 4 is 17.8 Å². The Kier molecular flexibility index (Phi) is 26.8. The van der Waals surface area contributed by atoms with Gasteiger partial charge in [0.25, 0.3) is 11.8 Å². The van der Waals surface area contributed by atoms with E-state index in [9.17, 15) is 14.4 Å². The molecular weight excluding hydrogens is 450 g/mol. The number of amides is 2. The second-order valence-electron chi connectivity index (χ2n) is 9.20. The molecule has 1 saturated heterocycles. The number of imide groups is 1. The molecule has 0 spiro atoms. The van der Waals surface area contributed by atoms with Crippen molar-refractivity contribution in [2.24, 2.45) is 5.92 Å². The monoisotopic (exact) mass is 509 g/mol. The van der Waals surface area contributed by atoms with Crippen LogP contribution in [0.25, 0.3) is 0 Å². The number of rotatable bonds is 16. The van der Waals surface area contributed by atoms with Gasteiger partial charge in [-0.1, -0.05) is 124 Å². The number of unbranched alkanes of at least 4 members (excludes halogenated alkanes) is 11. The van der Waals surface area contributed by atoms with Crippen LogP contribution >= 0.6 is 0 Å². The van der Waals surface area contributed by atoms with Crippen LogP contribution in [0.4, 0.5) is 0 Å². The molecule has 1 unspecified atom stereocenters. The summed E-state index contributed by atoms with van der Waals surface area (Å²) in [6.45, 7) is 14.4. The lowest BCUT2D eigenvalue weighted by Crippen LogP contribution is -2.31. The lowest BCUT2D eigenvalue weighted by atomic mass is 10.0. The number of allylic oxidation sites excluding steroid dienone is 2. The second-order valence-corrected chi connectivity index (χ2v) is 9.20. The highest BCUT2D eigenvalue weighted by Gasteiger charge is 2.32. The van der Waals surface area contributed by atoms with Gasteiger partial charge in [0.05, 0.1) is 0 Å². The Hall–Kier alpha value is -1.65. The molecule has 5 heteroatoms. The van der Waals surface area contributed by atoms with Gasteiger partial charge in [0, 0.05) is 19.3 Å². The second kappa shape index (κ2) is 26.4. The number of carbonyl (C=O) groups is 3. The molecule has 5 nitrogen and oxygen atoms in total. The molecule has 1 aliphatic carbocycles. The van der Waals surface area contributed by atoms with Crippen LogP contribution < -0.4 is 0 Å². The van der Waals surface area contributed by atoms with E-state index in [4.69, 9.17) is 4.84 Å². The zero-order chi connectivity index (χ0) is 27.6. The molecular formula is C31H59NO4. The first-order valence-electron chi connectivity index (χ1n) is 15.3. The van der Waals surface area contributed by atoms with Gasteiger partial charge in [0.2, 0.25) is 0 Å². The van der Waals surface area contributed by atoms with E-state index in [1.165, 1.54) is 77.0 Å². The lowest BCUT2D eigenvalue weighted by Gasteiger charge is -2.12. The SMILES string of the molecule is CC.CC.CC.CC1CC=C(CCCCCCCCCCCCCCC(=O)ON2C(=O)CCC2=O)C1. The standard InChI is InChI=1S/C25H41NO4.3C2H6/c1-21-16-17-22(20-21)14-12-10-8-6-4-2-3-5-7-9-11-13-15-25(29)30-26-23(27)18-19-24(26)28;3*1-2/h17,21H,2-16,18-20H2,1H3;3*1-2H3. The molecule has 0 bridgehead atoms. The van der Waals surface area contributed by atoms with Crippen LogP contribution in [0.2, 0.25) is 0 Å². The molecule has 2 rings (SSSR count). The highest BCUT2D eigenvalue weighted by atomic mass is 16.7. The Morgan fingerprint density at radius 2 is 1.17 bits per heavy atom. The summed E-state index contributed by atoms with van der Waals surface area (Å²) >= 11 is 0. The largest absolute Gasteiger partial charge is 0.333 e. The molecule has 0 radical (unpaired) electrons. The van der Waals surface area contributed by atoms with E-state index in [1.807, 2.05) is 41.5 Å². The van der Waals surface area contributed by atoms with Gasteiger partial charge in [-0.25, -0.2) is 4.79 Å². The fraction of sp³-hybridized carbons (Fsp3) is 0.839. The maximum atomic E-state index is 11.7. The van der Waals surface area contributed by atoms with E-state index in [0.717, 1.165) is 25.2 Å². The molecule has 212 valence electrons. The third-order valence-electron chi connectivity index (χ3n) is 6.25. The van der Waals surface area contributed by atoms with E-state index < -0.39 is 17.8 Å². The highest BCUT2D eigenvalue weighted by molar-refractivity contribution is 6.01. The van der Waals surface area contributed by atoms with Crippen LogP contribution in [0.5, 0.6) is 0 Å². The Balaban J connectivity index is 0. The summed E-state index contributed by atoms with van der Waals surface area (Å²) in [7, 11) is 0. The lowest BCUT2D eigenvalue weighted by molar-refractivity contribution is -0.197. The van der Waals surface area contributed by atoms with Gasteiger partial charge in [0.1, 0.15) is 0 Å². The molecule has 1 aliphatic heterocycles. The Morgan fingerprint density at radius 1 is 0.750 bits per heavy atom. The van der Waals surface area contributed by atoms with E-state index >= 15 is 0 Å². The zero-order valence-corrected chi connectivity index (χ0v) is 25.0. The molecule has 2 amide bonds. The first-order valence-corrected chi connectivity index (χ1v) is 15.3. The number of carbonyl (C=O) groups excluding carboxylic acids is 3. The molecule has 0 N–H and O–H groups in total. The summed E-state index contributed by atoms with van der Waals surface area (Å²) < 4.78 is 0. The van der Waals surface area contributed by atoms with Crippen LogP contribution in [0.3, 0.4) is 0 Å². The van der Waals surface area contributed by atoms with E-state index in [-0.39, 0.29) is 19.3 Å². The van der Waals surface area contributed by atoms with Gasteiger partial charge in [-0.2, -0.15) is 0 Å². The summed E-state index contributed by atoms with van der Waals surface area (Å²) in [6.07, 6.45) is 21.9. The summed E-state index contributed by atoms with van der Waals surface area (Å²) in [5.41, 5.74) is 1.70. The average molecular weight is 510 g/mol. The van der Waals surface area contributed by atoms with Crippen molar-refractivity contribution in [3.05, 3.63) is 11.6 Å². The minimum absolute atomic E-state index is 0.143. The Morgan fingerprint density at radius 3 is 1.58 bits per heavy atom. The first-order chi connectivity index (χ1) is 17.6. The van der Waals surface area contributed by atoms with Crippen LogP contribution in [0, 0.1) is 5.92 Å². The first kappa shape index (κ1) is 36.5. The number of hydrogen-bond acceptors (Lipinski definition) is 4.